The molecule has 2 heterocycles. The maximum Gasteiger partial charge on any atom is 0.276 e. The van der Waals surface area contributed by atoms with Gasteiger partial charge in [-0.15, -0.1) is 0 Å². The lowest BCUT2D eigenvalue weighted by atomic mass is 9.97. The summed E-state index contributed by atoms with van der Waals surface area (Å²) in [5.41, 5.74) is 5.78. The highest BCUT2D eigenvalue weighted by Gasteiger charge is 2.22. The largest absolute Gasteiger partial charge is 0.391 e. The molecule has 0 aromatic carbocycles. The van der Waals surface area contributed by atoms with Crippen LogP contribution in [-0.2, 0) is 0 Å². The molecule has 0 spiro atoms. The summed E-state index contributed by atoms with van der Waals surface area (Å²) in [5.74, 6) is 1.20. The van der Waals surface area contributed by atoms with Crippen LogP contribution in [0, 0.1) is 5.92 Å². The summed E-state index contributed by atoms with van der Waals surface area (Å²) in [6.45, 7) is 7.12. The number of hydrogen-bond acceptors (Lipinski definition) is 5. The van der Waals surface area contributed by atoms with Crippen molar-refractivity contribution in [3.8, 4) is 0 Å². The van der Waals surface area contributed by atoms with Crippen LogP contribution in [0.2, 0.25) is 0 Å². The van der Waals surface area contributed by atoms with Gasteiger partial charge in [-0.1, -0.05) is 13.8 Å². The number of nitrogen functional groups attached to an aromatic ring is 1. The van der Waals surface area contributed by atoms with Crippen LogP contribution in [0.5, 0.6) is 0 Å². The fraction of sp³-hybridized carbons (Fsp3) is 0.692. The van der Waals surface area contributed by atoms with Gasteiger partial charge in [0.15, 0.2) is 5.82 Å². The van der Waals surface area contributed by atoms with Crippen molar-refractivity contribution >= 4 is 11.5 Å². The number of nitrogens with two attached hydrogens (primary N) is 1. The quantitative estimate of drug-likeness (QED) is 0.741. The number of nitrogens with one attached hydrogen (secondary N) is 2. The van der Waals surface area contributed by atoms with Crippen LogP contribution < -0.4 is 21.5 Å². The summed E-state index contributed by atoms with van der Waals surface area (Å²) in [5, 5.41) is 3.47. The molecule has 1 aliphatic heterocycles. The van der Waals surface area contributed by atoms with Gasteiger partial charge in [0.2, 0.25) is 0 Å². The molecule has 4 N–H and O–H groups in total. The van der Waals surface area contributed by atoms with Gasteiger partial charge in [-0.3, -0.25) is 4.79 Å². The molecule has 19 heavy (non-hydrogen) atoms. The molecule has 0 saturated carbocycles. The van der Waals surface area contributed by atoms with Crippen LogP contribution in [0.15, 0.2) is 11.1 Å². The van der Waals surface area contributed by atoms with E-state index in [0.29, 0.717) is 17.8 Å². The van der Waals surface area contributed by atoms with Crippen molar-refractivity contribution in [1.82, 2.24) is 15.3 Å². The first-order chi connectivity index (χ1) is 9.08. The van der Waals surface area contributed by atoms with E-state index in [4.69, 9.17) is 5.73 Å². The molecular formula is C13H23N5O. The van der Waals surface area contributed by atoms with Crippen molar-refractivity contribution in [3.63, 3.8) is 0 Å². The fourth-order valence-corrected chi connectivity index (χ4v) is 2.48. The minimum atomic E-state index is -0.257. The molecule has 1 fully saturated rings. The van der Waals surface area contributed by atoms with Gasteiger partial charge in [-0.05, 0) is 25.3 Å². The van der Waals surface area contributed by atoms with E-state index in [-0.39, 0.29) is 11.2 Å². The first-order valence-electron chi connectivity index (χ1n) is 6.89. The Hall–Kier alpha value is -1.56. The third kappa shape index (κ3) is 3.47. The third-order valence-electron chi connectivity index (χ3n) is 3.50. The average Bonchev–Trinajstić information content (AvgIpc) is 2.40. The Labute approximate surface area is 113 Å². The van der Waals surface area contributed by atoms with Gasteiger partial charge < -0.3 is 20.9 Å². The SMILES string of the molecule is CC(C)NCC1CCCN(c2nc[nH]c(=O)c2N)C1. The van der Waals surface area contributed by atoms with E-state index in [1.807, 2.05) is 0 Å². The van der Waals surface area contributed by atoms with Crippen molar-refractivity contribution < 1.29 is 0 Å². The summed E-state index contributed by atoms with van der Waals surface area (Å²) >= 11 is 0. The Morgan fingerprint density at radius 2 is 2.42 bits per heavy atom. The van der Waals surface area contributed by atoms with E-state index < -0.39 is 0 Å². The number of piperidine rings is 1. The number of hydrogen-bond donors (Lipinski definition) is 3. The molecule has 0 aliphatic carbocycles. The van der Waals surface area contributed by atoms with Crippen LogP contribution in [0.25, 0.3) is 0 Å². The lowest BCUT2D eigenvalue weighted by Gasteiger charge is -2.34. The Morgan fingerprint density at radius 3 is 3.16 bits per heavy atom. The van der Waals surface area contributed by atoms with Crippen LogP contribution in [0.1, 0.15) is 26.7 Å². The number of anilines is 2. The van der Waals surface area contributed by atoms with E-state index in [2.05, 4.69) is 34.0 Å². The highest BCUT2D eigenvalue weighted by Crippen LogP contribution is 2.23. The van der Waals surface area contributed by atoms with Gasteiger partial charge in [0.05, 0.1) is 6.33 Å². The molecular weight excluding hydrogens is 242 g/mol. The molecule has 1 saturated heterocycles. The fourth-order valence-electron chi connectivity index (χ4n) is 2.48. The molecule has 1 aromatic rings. The Balaban J connectivity index is 2.04. The van der Waals surface area contributed by atoms with Crippen molar-refractivity contribution in [3.05, 3.63) is 16.7 Å². The summed E-state index contributed by atoms with van der Waals surface area (Å²) in [6, 6.07) is 0.498. The van der Waals surface area contributed by atoms with Gasteiger partial charge in [-0.25, -0.2) is 4.98 Å². The van der Waals surface area contributed by atoms with Crippen molar-refractivity contribution in [2.24, 2.45) is 5.92 Å². The maximum absolute atomic E-state index is 11.5. The standard InChI is InChI=1S/C13H23N5O/c1-9(2)15-6-10-4-3-5-18(7-10)12-11(14)13(19)17-8-16-12/h8-10,15H,3-7,14H2,1-2H3,(H,16,17,19). The zero-order valence-corrected chi connectivity index (χ0v) is 11.6. The van der Waals surface area contributed by atoms with E-state index in [0.717, 1.165) is 26.1 Å². The van der Waals surface area contributed by atoms with Crippen LogP contribution in [0.3, 0.4) is 0 Å². The summed E-state index contributed by atoms with van der Waals surface area (Å²) in [6.07, 6.45) is 3.74. The zero-order valence-electron chi connectivity index (χ0n) is 11.6. The Kier molecular flexibility index (Phi) is 4.42. The lowest BCUT2D eigenvalue weighted by Crippen LogP contribution is -2.42. The maximum atomic E-state index is 11.5. The number of aromatic amines is 1. The second-order valence-electron chi connectivity index (χ2n) is 5.49. The highest BCUT2D eigenvalue weighted by atomic mass is 16.1. The normalized spacial score (nSPS) is 19.9. The van der Waals surface area contributed by atoms with Gasteiger partial charge in [0, 0.05) is 19.1 Å². The van der Waals surface area contributed by atoms with Gasteiger partial charge in [-0.2, -0.15) is 0 Å². The van der Waals surface area contributed by atoms with Crippen molar-refractivity contribution in [2.75, 3.05) is 30.3 Å². The lowest BCUT2D eigenvalue weighted by molar-refractivity contribution is 0.378. The number of aromatic nitrogens is 2. The summed E-state index contributed by atoms with van der Waals surface area (Å²) in [4.78, 5) is 20.4. The van der Waals surface area contributed by atoms with Crippen LogP contribution in [0.4, 0.5) is 11.5 Å². The molecule has 1 aliphatic rings. The molecule has 0 radical (unpaired) electrons. The smallest absolute Gasteiger partial charge is 0.276 e. The minimum absolute atomic E-state index is 0.222. The van der Waals surface area contributed by atoms with Crippen molar-refractivity contribution in [2.45, 2.75) is 32.7 Å². The summed E-state index contributed by atoms with van der Waals surface area (Å²) < 4.78 is 0. The topological polar surface area (TPSA) is 87.0 Å². The van der Waals surface area contributed by atoms with Crippen molar-refractivity contribution in [1.29, 1.82) is 0 Å². The molecule has 0 amide bonds. The third-order valence-corrected chi connectivity index (χ3v) is 3.50. The van der Waals surface area contributed by atoms with Gasteiger partial charge in [0.1, 0.15) is 5.69 Å². The predicted molar refractivity (Wildman–Crippen MR) is 77.3 cm³/mol. The van der Waals surface area contributed by atoms with Crippen LogP contribution in [-0.4, -0.2) is 35.6 Å². The predicted octanol–water partition coefficient (Wildman–Crippen LogP) is 0.567. The molecule has 0 bridgehead atoms. The van der Waals surface area contributed by atoms with Gasteiger partial charge in [0.25, 0.3) is 5.56 Å². The van der Waals surface area contributed by atoms with Gasteiger partial charge >= 0.3 is 0 Å². The Morgan fingerprint density at radius 1 is 1.63 bits per heavy atom. The van der Waals surface area contributed by atoms with E-state index in [1.165, 1.54) is 12.7 Å². The molecule has 2 rings (SSSR count). The molecule has 1 unspecified atom stereocenters. The highest BCUT2D eigenvalue weighted by molar-refractivity contribution is 5.61. The first-order valence-corrected chi connectivity index (χ1v) is 6.89. The zero-order chi connectivity index (χ0) is 13.8. The second kappa shape index (κ2) is 6.06. The average molecular weight is 265 g/mol. The number of rotatable bonds is 4. The molecule has 6 nitrogen and oxygen atoms in total. The first kappa shape index (κ1) is 13.9. The molecule has 1 aromatic heterocycles. The monoisotopic (exact) mass is 265 g/mol. The van der Waals surface area contributed by atoms with E-state index in [1.54, 1.807) is 0 Å². The summed E-state index contributed by atoms with van der Waals surface area (Å²) in [7, 11) is 0. The minimum Gasteiger partial charge on any atom is -0.391 e. The van der Waals surface area contributed by atoms with E-state index in [9.17, 15) is 4.79 Å². The Bertz CT molecular complexity index is 470. The number of nitrogens with zero attached hydrogens (tertiary/aromatic N) is 2. The number of H-pyrrole nitrogens is 1. The molecule has 6 heteroatoms. The molecule has 1 atom stereocenters. The van der Waals surface area contributed by atoms with Crippen LogP contribution >= 0.6 is 0 Å². The molecule has 106 valence electrons. The van der Waals surface area contributed by atoms with E-state index >= 15 is 0 Å². The second-order valence-corrected chi connectivity index (χ2v) is 5.49.